The number of hydrogen-bond donors (Lipinski definition) is 1. The number of ether oxygens (including phenoxy) is 2. The molecule has 1 saturated heterocycles. The van der Waals surface area contributed by atoms with Gasteiger partial charge in [-0.15, -0.1) is 0 Å². The van der Waals surface area contributed by atoms with Gasteiger partial charge in [-0.25, -0.2) is 0 Å². The van der Waals surface area contributed by atoms with Crippen molar-refractivity contribution in [2.24, 2.45) is 5.92 Å². The highest BCUT2D eigenvalue weighted by Gasteiger charge is 2.38. The lowest BCUT2D eigenvalue weighted by Crippen LogP contribution is -2.26. The van der Waals surface area contributed by atoms with E-state index in [1.54, 1.807) is 26.4 Å². The molecule has 1 aromatic rings. The molecule has 1 heterocycles. The monoisotopic (exact) mass is 359 g/mol. The highest BCUT2D eigenvalue weighted by Crippen LogP contribution is 2.33. The Labute approximate surface area is 153 Å². The maximum atomic E-state index is 12.7. The van der Waals surface area contributed by atoms with Crippen molar-refractivity contribution in [3.63, 3.8) is 0 Å². The van der Waals surface area contributed by atoms with Crippen LogP contribution in [0, 0.1) is 5.92 Å². The van der Waals surface area contributed by atoms with Gasteiger partial charge in [0.2, 0.25) is 0 Å². The normalized spacial score (nSPS) is 20.5. The van der Waals surface area contributed by atoms with E-state index < -0.39 is 5.91 Å². The second kappa shape index (κ2) is 7.81. The van der Waals surface area contributed by atoms with Crippen LogP contribution in [0.15, 0.2) is 29.5 Å². The van der Waals surface area contributed by atoms with Crippen LogP contribution in [-0.2, 0) is 16.1 Å². The fourth-order valence-electron chi connectivity index (χ4n) is 3.75. The standard InChI is InChI=1S/C20H25NO5/c1-25-15-9-8-14(17(10-15)26-2)11-21-12-16(22)18(20(21)24)19(23)13-6-4-3-5-7-13/h8-10,13,23H,3-7,11-12H2,1-2H3/b19-18+. The molecule has 1 aliphatic heterocycles. The van der Waals surface area contributed by atoms with Crippen molar-refractivity contribution in [2.45, 2.75) is 38.6 Å². The lowest BCUT2D eigenvalue weighted by atomic mass is 9.86. The molecule has 6 heteroatoms. The fraction of sp³-hybridized carbons (Fsp3) is 0.500. The molecule has 1 saturated carbocycles. The molecule has 26 heavy (non-hydrogen) atoms. The van der Waals surface area contributed by atoms with Crippen molar-refractivity contribution in [3.05, 3.63) is 35.1 Å². The number of carbonyl (C=O) groups excluding carboxylic acids is 2. The zero-order valence-corrected chi connectivity index (χ0v) is 15.3. The van der Waals surface area contributed by atoms with Gasteiger partial charge in [0.15, 0.2) is 5.78 Å². The molecule has 1 amide bonds. The number of hydrogen-bond acceptors (Lipinski definition) is 5. The van der Waals surface area contributed by atoms with Crippen LogP contribution >= 0.6 is 0 Å². The number of ketones is 1. The number of likely N-dealkylation sites (tertiary alicyclic amines) is 1. The van der Waals surface area contributed by atoms with Gasteiger partial charge in [0.05, 0.1) is 27.3 Å². The smallest absolute Gasteiger partial charge is 0.261 e. The summed E-state index contributed by atoms with van der Waals surface area (Å²) >= 11 is 0. The van der Waals surface area contributed by atoms with Gasteiger partial charge >= 0.3 is 0 Å². The molecule has 1 aliphatic carbocycles. The first-order valence-electron chi connectivity index (χ1n) is 9.01. The molecule has 2 aliphatic rings. The van der Waals surface area contributed by atoms with Crippen molar-refractivity contribution in [1.29, 1.82) is 0 Å². The molecule has 0 atom stereocenters. The number of Topliss-reactive ketones (excluding diaryl/α,β-unsaturated/α-hetero) is 1. The number of rotatable bonds is 5. The molecule has 0 bridgehead atoms. The summed E-state index contributed by atoms with van der Waals surface area (Å²) in [6, 6.07) is 5.35. The first kappa shape index (κ1) is 18.3. The van der Waals surface area contributed by atoms with E-state index in [0.717, 1.165) is 37.7 Å². The SMILES string of the molecule is COc1ccc(CN2CC(=O)/C(=C(\O)C3CCCCC3)C2=O)c(OC)c1. The van der Waals surface area contributed by atoms with Crippen molar-refractivity contribution in [1.82, 2.24) is 4.90 Å². The molecular formula is C20H25NO5. The van der Waals surface area contributed by atoms with Gasteiger partial charge in [-0.2, -0.15) is 0 Å². The van der Waals surface area contributed by atoms with Gasteiger partial charge < -0.3 is 19.5 Å². The Balaban J connectivity index is 1.81. The number of amides is 1. The number of aliphatic hydroxyl groups is 1. The van der Waals surface area contributed by atoms with Gasteiger partial charge in [0, 0.05) is 17.5 Å². The van der Waals surface area contributed by atoms with Crippen LogP contribution in [0.5, 0.6) is 11.5 Å². The molecule has 140 valence electrons. The van der Waals surface area contributed by atoms with E-state index in [-0.39, 0.29) is 36.1 Å². The van der Waals surface area contributed by atoms with Crippen molar-refractivity contribution >= 4 is 11.7 Å². The zero-order valence-electron chi connectivity index (χ0n) is 15.3. The molecule has 3 rings (SSSR count). The summed E-state index contributed by atoms with van der Waals surface area (Å²) in [5, 5.41) is 10.5. The van der Waals surface area contributed by atoms with E-state index in [9.17, 15) is 14.7 Å². The lowest BCUT2D eigenvalue weighted by Gasteiger charge is -2.22. The van der Waals surface area contributed by atoms with E-state index >= 15 is 0 Å². The van der Waals surface area contributed by atoms with Crippen LogP contribution in [0.1, 0.15) is 37.7 Å². The highest BCUT2D eigenvalue weighted by molar-refractivity contribution is 6.25. The van der Waals surface area contributed by atoms with Gasteiger partial charge in [-0.05, 0) is 25.0 Å². The van der Waals surface area contributed by atoms with E-state index in [0.29, 0.717) is 11.5 Å². The number of allylic oxidation sites excluding steroid dienone is 1. The van der Waals surface area contributed by atoms with Gasteiger partial charge in [0.1, 0.15) is 22.8 Å². The van der Waals surface area contributed by atoms with Crippen LogP contribution in [-0.4, -0.2) is 42.5 Å². The number of carbonyl (C=O) groups is 2. The molecule has 2 fully saturated rings. The van der Waals surface area contributed by atoms with Crippen molar-refractivity contribution < 1.29 is 24.2 Å². The zero-order chi connectivity index (χ0) is 18.7. The summed E-state index contributed by atoms with van der Waals surface area (Å²) in [6.45, 7) is 0.235. The van der Waals surface area contributed by atoms with Crippen molar-refractivity contribution in [2.75, 3.05) is 20.8 Å². The summed E-state index contributed by atoms with van der Waals surface area (Å²) in [4.78, 5) is 26.6. The molecule has 6 nitrogen and oxygen atoms in total. The average Bonchev–Trinajstić information content (AvgIpc) is 2.95. The van der Waals surface area contributed by atoms with Crippen LogP contribution in [0.4, 0.5) is 0 Å². The Hall–Kier alpha value is -2.50. The van der Waals surface area contributed by atoms with Crippen LogP contribution in [0.2, 0.25) is 0 Å². The van der Waals surface area contributed by atoms with Crippen molar-refractivity contribution in [3.8, 4) is 11.5 Å². The van der Waals surface area contributed by atoms with Gasteiger partial charge in [0.25, 0.3) is 5.91 Å². The minimum atomic E-state index is -0.393. The molecule has 0 unspecified atom stereocenters. The lowest BCUT2D eigenvalue weighted by molar-refractivity contribution is -0.125. The predicted molar refractivity (Wildman–Crippen MR) is 96.2 cm³/mol. The third-order valence-corrected chi connectivity index (χ3v) is 5.22. The Morgan fingerprint density at radius 3 is 2.54 bits per heavy atom. The first-order chi connectivity index (χ1) is 12.5. The number of nitrogens with zero attached hydrogens (tertiary/aromatic N) is 1. The van der Waals surface area contributed by atoms with Crippen LogP contribution in [0.3, 0.4) is 0 Å². The third kappa shape index (κ3) is 3.54. The Morgan fingerprint density at radius 2 is 1.88 bits per heavy atom. The maximum absolute atomic E-state index is 12.7. The molecule has 0 spiro atoms. The Kier molecular flexibility index (Phi) is 5.49. The van der Waals surface area contributed by atoms with Gasteiger partial charge in [-0.3, -0.25) is 9.59 Å². The number of aliphatic hydroxyl groups excluding tert-OH is 1. The summed E-state index contributed by atoms with van der Waals surface area (Å²) in [7, 11) is 3.12. The summed E-state index contributed by atoms with van der Waals surface area (Å²) in [5.74, 6) is 0.482. The largest absolute Gasteiger partial charge is 0.511 e. The van der Waals surface area contributed by atoms with Gasteiger partial charge in [-0.1, -0.05) is 19.3 Å². The fourth-order valence-corrected chi connectivity index (χ4v) is 3.75. The number of methoxy groups -OCH3 is 2. The maximum Gasteiger partial charge on any atom is 0.261 e. The minimum absolute atomic E-state index is 0.0103. The van der Waals surface area contributed by atoms with Crippen LogP contribution in [0.25, 0.3) is 0 Å². The topological polar surface area (TPSA) is 76.1 Å². The molecular weight excluding hydrogens is 334 g/mol. The van der Waals surface area contributed by atoms with Crippen LogP contribution < -0.4 is 9.47 Å². The molecule has 0 aromatic heterocycles. The predicted octanol–water partition coefficient (Wildman–Crippen LogP) is 3.01. The van der Waals surface area contributed by atoms with E-state index in [1.807, 2.05) is 6.07 Å². The van der Waals surface area contributed by atoms with E-state index in [4.69, 9.17) is 9.47 Å². The average molecular weight is 359 g/mol. The second-order valence-corrected chi connectivity index (χ2v) is 6.86. The highest BCUT2D eigenvalue weighted by atomic mass is 16.5. The Bertz CT molecular complexity index is 734. The third-order valence-electron chi connectivity index (χ3n) is 5.22. The second-order valence-electron chi connectivity index (χ2n) is 6.86. The minimum Gasteiger partial charge on any atom is -0.511 e. The molecule has 0 radical (unpaired) electrons. The summed E-state index contributed by atoms with van der Waals surface area (Å²) in [6.07, 6.45) is 4.86. The number of benzene rings is 1. The summed E-state index contributed by atoms with van der Waals surface area (Å²) < 4.78 is 10.5. The first-order valence-corrected chi connectivity index (χ1v) is 9.01. The quantitative estimate of drug-likeness (QED) is 0.497. The molecule has 1 aromatic carbocycles. The van der Waals surface area contributed by atoms with E-state index in [1.165, 1.54) is 4.90 Å². The Morgan fingerprint density at radius 1 is 1.15 bits per heavy atom. The van der Waals surface area contributed by atoms with E-state index in [2.05, 4.69) is 0 Å². The summed E-state index contributed by atoms with van der Waals surface area (Å²) in [5.41, 5.74) is 0.761. The molecule has 1 N–H and O–H groups in total.